The number of rotatable bonds is 4. The number of halogens is 1. The molecule has 0 N–H and O–H groups in total. The first-order valence-corrected chi connectivity index (χ1v) is 5.66. The molecule has 6 heteroatoms. The molecule has 0 aliphatic heterocycles. The molecule has 0 unspecified atom stereocenters. The average Bonchev–Trinajstić information content (AvgIpc) is 2.19. The van der Waals surface area contributed by atoms with Crippen LogP contribution in [0.1, 0.15) is 5.56 Å². The van der Waals surface area contributed by atoms with Crippen LogP contribution in [0, 0.1) is 0 Å². The molecule has 15 heavy (non-hydrogen) atoms. The van der Waals surface area contributed by atoms with E-state index < -0.39 is 10.0 Å². The third kappa shape index (κ3) is 3.90. The molecule has 76 valence electrons. The van der Waals surface area contributed by atoms with Gasteiger partial charge in [-0.2, -0.15) is 0 Å². The molecule has 0 amide bonds. The van der Waals surface area contributed by atoms with Crippen LogP contribution in [-0.2, 0) is 16.4 Å². The first kappa shape index (κ1) is 15.2. The van der Waals surface area contributed by atoms with Crippen molar-refractivity contribution in [1.82, 2.24) is 0 Å². The third-order valence-electron chi connectivity index (χ3n) is 1.71. The zero-order chi connectivity index (χ0) is 10.6. The number of sulfonamides is 1. The Labute approximate surface area is 117 Å². The Morgan fingerprint density at radius 2 is 2.00 bits per heavy atom. The zero-order valence-electron chi connectivity index (χ0n) is 8.35. The summed E-state index contributed by atoms with van der Waals surface area (Å²) in [4.78, 5) is 0.134. The van der Waals surface area contributed by atoms with Gasteiger partial charge in [0.05, 0.1) is 4.90 Å². The molecule has 3 nitrogen and oxygen atoms in total. The van der Waals surface area contributed by atoms with Gasteiger partial charge in [0.25, 0.3) is 0 Å². The van der Waals surface area contributed by atoms with E-state index in [1.54, 1.807) is 24.3 Å². The molecule has 0 saturated carbocycles. The van der Waals surface area contributed by atoms with Crippen molar-refractivity contribution in [2.24, 2.45) is 0 Å². The molecule has 0 aromatic heterocycles. The van der Waals surface area contributed by atoms with Crippen LogP contribution in [0.15, 0.2) is 41.8 Å². The van der Waals surface area contributed by atoms with E-state index in [0.717, 1.165) is 0 Å². The van der Waals surface area contributed by atoms with Gasteiger partial charge >= 0.3 is 29.6 Å². The van der Waals surface area contributed by atoms with E-state index in [1.165, 1.54) is 6.07 Å². The average molecular weight is 254 g/mol. The van der Waals surface area contributed by atoms with Crippen LogP contribution in [-0.4, -0.2) is 8.42 Å². The van der Waals surface area contributed by atoms with E-state index in [9.17, 15) is 8.42 Å². The fourth-order valence-corrected chi connectivity index (χ4v) is 2.15. The second-order valence-corrected chi connectivity index (χ2v) is 4.59. The Hall–Kier alpha value is 0.160. The molecule has 0 fully saturated rings. The molecule has 1 aromatic rings. The van der Waals surface area contributed by atoms with Gasteiger partial charge in [0.15, 0.2) is 0 Å². The number of allylic oxidation sites excluding steroid dienone is 1. The largest absolute Gasteiger partial charge is 1.00 e. The molecule has 0 atom stereocenters. The normalized spacial score (nSPS) is 10.5. The van der Waals surface area contributed by atoms with Crippen LogP contribution in [0.25, 0.3) is 4.24 Å². The second kappa shape index (κ2) is 6.68. The molecule has 0 radical (unpaired) electrons. The standard InChI is InChI=1S/C9H9ClNO2S.Na/c1-2-5-8-6-3-4-7-9(8)14(12,13)11-10;/h2-4,6-7H,1,5H2;/q-1;+1. The van der Waals surface area contributed by atoms with Gasteiger partial charge in [-0.15, -0.1) is 6.58 Å². The van der Waals surface area contributed by atoms with E-state index in [1.807, 2.05) is 0 Å². The van der Waals surface area contributed by atoms with Crippen molar-refractivity contribution in [3.05, 3.63) is 46.7 Å². The van der Waals surface area contributed by atoms with Crippen molar-refractivity contribution < 1.29 is 38.0 Å². The summed E-state index contributed by atoms with van der Waals surface area (Å²) in [6.07, 6.45) is 2.10. The van der Waals surface area contributed by atoms with Crippen LogP contribution in [0.5, 0.6) is 0 Å². The SMILES string of the molecule is C=CCc1ccccc1S(=O)(=O)[N-]Cl.[Na+]. The second-order valence-electron chi connectivity index (χ2n) is 2.64. The summed E-state index contributed by atoms with van der Waals surface area (Å²) in [5.74, 6) is 0. The first-order valence-electron chi connectivity index (χ1n) is 3.89. The molecule has 0 saturated heterocycles. The summed E-state index contributed by atoms with van der Waals surface area (Å²) >= 11 is 5.01. The van der Waals surface area contributed by atoms with Gasteiger partial charge in [0.1, 0.15) is 10.0 Å². The van der Waals surface area contributed by atoms with Gasteiger partial charge in [-0.3, -0.25) is 11.8 Å². The molecule has 0 spiro atoms. The molecular formula is C9H9ClNNaO2S. The first-order chi connectivity index (χ1) is 6.61. The Morgan fingerprint density at radius 3 is 2.53 bits per heavy atom. The molecule has 0 aliphatic carbocycles. The van der Waals surface area contributed by atoms with E-state index in [4.69, 9.17) is 11.8 Å². The predicted molar refractivity (Wildman–Crippen MR) is 56.7 cm³/mol. The van der Waals surface area contributed by atoms with E-state index in [-0.39, 0.29) is 34.5 Å². The minimum Gasteiger partial charge on any atom is -0.458 e. The molecular weight excluding hydrogens is 245 g/mol. The molecule has 1 rings (SSSR count). The Kier molecular flexibility index (Phi) is 6.75. The van der Waals surface area contributed by atoms with Crippen LogP contribution in [0.3, 0.4) is 0 Å². The summed E-state index contributed by atoms with van der Waals surface area (Å²) < 4.78 is 25.6. The van der Waals surface area contributed by atoms with Crippen molar-refractivity contribution in [2.75, 3.05) is 0 Å². The van der Waals surface area contributed by atoms with E-state index >= 15 is 0 Å². The maximum Gasteiger partial charge on any atom is 1.00 e. The smallest absolute Gasteiger partial charge is 0.458 e. The number of hydrogen-bond acceptors (Lipinski definition) is 2. The maximum absolute atomic E-state index is 11.4. The molecule has 0 aliphatic rings. The number of hydrogen-bond donors (Lipinski definition) is 0. The summed E-state index contributed by atoms with van der Waals surface area (Å²) in [7, 11) is -3.71. The summed E-state index contributed by atoms with van der Waals surface area (Å²) in [6, 6.07) is 6.56. The Morgan fingerprint density at radius 1 is 1.40 bits per heavy atom. The van der Waals surface area contributed by atoms with Crippen molar-refractivity contribution in [3.8, 4) is 0 Å². The van der Waals surface area contributed by atoms with Gasteiger partial charge in [-0.25, -0.2) is 8.42 Å². The minimum absolute atomic E-state index is 0. The van der Waals surface area contributed by atoms with Crippen LogP contribution in [0.2, 0.25) is 0 Å². The van der Waals surface area contributed by atoms with Crippen molar-refractivity contribution in [1.29, 1.82) is 0 Å². The fraction of sp³-hybridized carbons (Fsp3) is 0.111. The fourth-order valence-electron chi connectivity index (χ4n) is 1.12. The third-order valence-corrected chi connectivity index (χ3v) is 3.39. The maximum atomic E-state index is 11.4. The summed E-state index contributed by atoms with van der Waals surface area (Å²) in [5, 5.41) is 0. The van der Waals surface area contributed by atoms with Gasteiger partial charge in [0, 0.05) is 0 Å². The van der Waals surface area contributed by atoms with Crippen LogP contribution < -0.4 is 29.6 Å². The minimum atomic E-state index is -3.71. The van der Waals surface area contributed by atoms with E-state index in [2.05, 4.69) is 10.8 Å². The number of nitrogens with zero attached hydrogens (tertiary/aromatic N) is 1. The summed E-state index contributed by atoms with van der Waals surface area (Å²) in [5.41, 5.74) is 0.645. The number of benzene rings is 1. The van der Waals surface area contributed by atoms with Crippen LogP contribution >= 0.6 is 11.8 Å². The zero-order valence-corrected chi connectivity index (χ0v) is 11.9. The van der Waals surface area contributed by atoms with Gasteiger partial charge in [0.2, 0.25) is 0 Å². The van der Waals surface area contributed by atoms with Crippen molar-refractivity contribution >= 4 is 21.8 Å². The summed E-state index contributed by atoms with van der Waals surface area (Å²) in [6.45, 7) is 3.55. The van der Waals surface area contributed by atoms with Crippen molar-refractivity contribution in [2.45, 2.75) is 11.3 Å². The van der Waals surface area contributed by atoms with Gasteiger partial charge < -0.3 is 4.24 Å². The van der Waals surface area contributed by atoms with Crippen LogP contribution in [0.4, 0.5) is 0 Å². The predicted octanol–water partition coefficient (Wildman–Crippen LogP) is -0.365. The molecule has 1 aromatic carbocycles. The Bertz CT molecular complexity index is 433. The molecule has 0 bridgehead atoms. The molecule has 0 heterocycles. The Balaban J connectivity index is 0.00000196. The monoisotopic (exact) mass is 253 g/mol. The van der Waals surface area contributed by atoms with E-state index in [0.29, 0.717) is 12.0 Å². The van der Waals surface area contributed by atoms with Gasteiger partial charge in [-0.05, 0) is 18.1 Å². The topological polar surface area (TPSA) is 48.2 Å². The van der Waals surface area contributed by atoms with Gasteiger partial charge in [-0.1, -0.05) is 24.3 Å². The quantitative estimate of drug-likeness (QED) is 0.543. The van der Waals surface area contributed by atoms with Crippen molar-refractivity contribution in [3.63, 3.8) is 0 Å².